The second kappa shape index (κ2) is 4.77. The Morgan fingerprint density at radius 1 is 1.15 bits per heavy atom. The average molecular weight is 291 g/mol. The van der Waals surface area contributed by atoms with Crippen LogP contribution >= 0.6 is 11.3 Å². The van der Waals surface area contributed by atoms with Crippen molar-refractivity contribution in [3.05, 3.63) is 10.0 Å². The maximum atomic E-state index is 4.64. The quantitative estimate of drug-likeness (QED) is 0.919. The van der Waals surface area contributed by atoms with Gasteiger partial charge < -0.3 is 5.32 Å². The van der Waals surface area contributed by atoms with E-state index >= 15 is 0 Å². The molecule has 4 heteroatoms. The first-order valence-corrected chi connectivity index (χ1v) is 9.07. The van der Waals surface area contributed by atoms with Gasteiger partial charge in [0.1, 0.15) is 10.0 Å². The Kier molecular flexibility index (Phi) is 3.15. The number of hydrogen-bond acceptors (Lipinski definition) is 4. The molecule has 20 heavy (non-hydrogen) atoms. The second-order valence-electron chi connectivity index (χ2n) is 7.42. The van der Waals surface area contributed by atoms with Crippen LogP contribution in [0.1, 0.15) is 68.4 Å². The highest BCUT2D eigenvalue weighted by molar-refractivity contribution is 7.11. The van der Waals surface area contributed by atoms with Crippen molar-refractivity contribution in [1.82, 2.24) is 15.5 Å². The fourth-order valence-corrected chi connectivity index (χ4v) is 6.48. The molecule has 4 bridgehead atoms. The Labute approximate surface area is 125 Å². The monoisotopic (exact) mass is 291 g/mol. The molecule has 4 fully saturated rings. The fraction of sp³-hybridized carbons (Fsp3) is 0.875. The van der Waals surface area contributed by atoms with Gasteiger partial charge in [0.15, 0.2) is 0 Å². The van der Waals surface area contributed by atoms with Gasteiger partial charge in [0.25, 0.3) is 0 Å². The Morgan fingerprint density at radius 3 is 2.30 bits per heavy atom. The molecule has 1 heterocycles. The molecule has 110 valence electrons. The lowest BCUT2D eigenvalue weighted by molar-refractivity contribution is -0.00555. The SMILES string of the molecule is CCNC(C)c1nnc(C23CC4CC(CC(C4)C2)C3)s1. The van der Waals surface area contributed by atoms with Crippen molar-refractivity contribution >= 4 is 11.3 Å². The third-order valence-corrected chi connectivity index (χ3v) is 7.17. The maximum Gasteiger partial charge on any atom is 0.134 e. The molecular weight excluding hydrogens is 266 g/mol. The van der Waals surface area contributed by atoms with Gasteiger partial charge in [-0.25, -0.2) is 0 Å². The smallest absolute Gasteiger partial charge is 0.134 e. The van der Waals surface area contributed by atoms with Crippen molar-refractivity contribution in [2.45, 2.75) is 63.8 Å². The zero-order chi connectivity index (χ0) is 13.7. The van der Waals surface area contributed by atoms with Crippen molar-refractivity contribution < 1.29 is 0 Å². The lowest BCUT2D eigenvalue weighted by Gasteiger charge is -2.55. The van der Waals surface area contributed by atoms with E-state index < -0.39 is 0 Å². The minimum Gasteiger partial charge on any atom is -0.308 e. The molecular formula is C16H25N3S. The number of hydrogen-bond donors (Lipinski definition) is 1. The van der Waals surface area contributed by atoms with E-state index in [9.17, 15) is 0 Å². The standard InChI is InChI=1S/C16H25N3S/c1-3-17-10(2)14-18-19-15(20-14)16-7-11-4-12(8-16)6-13(5-11)9-16/h10-13,17H,3-9H2,1-2H3. The lowest BCUT2D eigenvalue weighted by atomic mass is 9.50. The van der Waals surface area contributed by atoms with E-state index in [1.165, 1.54) is 48.5 Å². The van der Waals surface area contributed by atoms with Crippen molar-refractivity contribution in [3.8, 4) is 0 Å². The van der Waals surface area contributed by atoms with E-state index in [0.29, 0.717) is 11.5 Å². The Hall–Kier alpha value is -0.480. The average Bonchev–Trinajstić information content (AvgIpc) is 2.87. The summed E-state index contributed by atoms with van der Waals surface area (Å²) in [5.74, 6) is 2.96. The second-order valence-corrected chi connectivity index (χ2v) is 8.43. The topological polar surface area (TPSA) is 37.8 Å². The van der Waals surface area contributed by atoms with Gasteiger partial charge in [-0.15, -0.1) is 10.2 Å². The van der Waals surface area contributed by atoms with E-state index in [-0.39, 0.29) is 0 Å². The minimum absolute atomic E-state index is 0.347. The van der Waals surface area contributed by atoms with Crippen molar-refractivity contribution in [1.29, 1.82) is 0 Å². The van der Waals surface area contributed by atoms with Gasteiger partial charge in [0.2, 0.25) is 0 Å². The van der Waals surface area contributed by atoms with Gasteiger partial charge in [-0.1, -0.05) is 18.3 Å². The summed E-state index contributed by atoms with van der Waals surface area (Å²) < 4.78 is 0. The van der Waals surface area contributed by atoms with E-state index in [4.69, 9.17) is 0 Å². The highest BCUT2D eigenvalue weighted by atomic mass is 32.1. The highest BCUT2D eigenvalue weighted by Crippen LogP contribution is 2.61. The van der Waals surface area contributed by atoms with Crippen molar-refractivity contribution in [2.75, 3.05) is 6.54 Å². The summed E-state index contributed by atoms with van der Waals surface area (Å²) in [5, 5.41) is 15.1. The number of nitrogens with zero attached hydrogens (tertiary/aromatic N) is 2. The number of rotatable bonds is 4. The summed E-state index contributed by atoms with van der Waals surface area (Å²) in [6.45, 7) is 5.35. The van der Waals surface area contributed by atoms with E-state index in [1.807, 2.05) is 11.3 Å². The predicted octanol–water partition coefficient (Wildman–Crippen LogP) is 3.68. The van der Waals surface area contributed by atoms with Crippen LogP contribution in [0.2, 0.25) is 0 Å². The molecule has 0 radical (unpaired) electrons. The van der Waals surface area contributed by atoms with E-state index in [2.05, 4.69) is 29.4 Å². The van der Waals surface area contributed by atoms with E-state index in [1.54, 1.807) is 0 Å². The van der Waals surface area contributed by atoms with Crippen molar-refractivity contribution in [3.63, 3.8) is 0 Å². The molecule has 0 aromatic carbocycles. The number of aromatic nitrogens is 2. The first-order valence-electron chi connectivity index (χ1n) is 8.26. The molecule has 1 aromatic heterocycles. The van der Waals surface area contributed by atoms with Gasteiger partial charge >= 0.3 is 0 Å². The minimum atomic E-state index is 0.347. The molecule has 5 rings (SSSR count). The van der Waals surface area contributed by atoms with Gasteiger partial charge in [0.05, 0.1) is 6.04 Å². The molecule has 0 spiro atoms. The first kappa shape index (κ1) is 13.2. The molecule has 1 atom stereocenters. The molecule has 1 aromatic rings. The zero-order valence-corrected chi connectivity index (χ0v) is 13.4. The summed E-state index contributed by atoms with van der Waals surface area (Å²) in [7, 11) is 0. The molecule has 4 saturated carbocycles. The van der Waals surface area contributed by atoms with Crippen LogP contribution in [0, 0.1) is 17.8 Å². The third kappa shape index (κ3) is 2.03. The molecule has 0 amide bonds. The fourth-order valence-electron chi connectivity index (χ4n) is 5.39. The normalized spacial score (nSPS) is 40.2. The zero-order valence-electron chi connectivity index (χ0n) is 12.6. The predicted molar refractivity (Wildman–Crippen MR) is 81.9 cm³/mol. The largest absolute Gasteiger partial charge is 0.308 e. The summed E-state index contributed by atoms with van der Waals surface area (Å²) in [6, 6.07) is 0.347. The molecule has 3 nitrogen and oxygen atoms in total. The molecule has 1 unspecified atom stereocenters. The molecule has 0 aliphatic heterocycles. The van der Waals surface area contributed by atoms with E-state index in [0.717, 1.165) is 24.3 Å². The number of nitrogens with one attached hydrogen (secondary N) is 1. The van der Waals surface area contributed by atoms with Crippen LogP contribution < -0.4 is 5.32 Å². The van der Waals surface area contributed by atoms with Gasteiger partial charge in [0, 0.05) is 5.41 Å². The van der Waals surface area contributed by atoms with Crippen LogP contribution in [-0.2, 0) is 5.41 Å². The Balaban J connectivity index is 1.61. The summed E-state index contributed by atoms with van der Waals surface area (Å²) in [5.41, 5.74) is 0.413. The summed E-state index contributed by atoms with van der Waals surface area (Å²) in [6.07, 6.45) is 8.67. The van der Waals surface area contributed by atoms with Gasteiger partial charge in [-0.2, -0.15) is 0 Å². The first-order chi connectivity index (χ1) is 9.68. The van der Waals surface area contributed by atoms with Crippen LogP contribution in [0.3, 0.4) is 0 Å². The van der Waals surface area contributed by atoms with Crippen LogP contribution in [-0.4, -0.2) is 16.7 Å². The maximum absolute atomic E-state index is 4.64. The summed E-state index contributed by atoms with van der Waals surface area (Å²) in [4.78, 5) is 0. The highest BCUT2D eigenvalue weighted by Gasteiger charge is 2.53. The Bertz CT molecular complexity index is 460. The van der Waals surface area contributed by atoms with Gasteiger partial charge in [-0.05, 0) is 69.7 Å². The molecule has 4 aliphatic rings. The third-order valence-electron chi connectivity index (χ3n) is 5.81. The Morgan fingerprint density at radius 2 is 1.75 bits per heavy atom. The van der Waals surface area contributed by atoms with Crippen LogP contribution in [0.25, 0.3) is 0 Å². The van der Waals surface area contributed by atoms with Crippen LogP contribution in [0.15, 0.2) is 0 Å². The van der Waals surface area contributed by atoms with Crippen LogP contribution in [0.5, 0.6) is 0 Å². The summed E-state index contributed by atoms with van der Waals surface area (Å²) >= 11 is 1.88. The van der Waals surface area contributed by atoms with Crippen LogP contribution in [0.4, 0.5) is 0 Å². The molecule has 4 aliphatic carbocycles. The van der Waals surface area contributed by atoms with Gasteiger partial charge in [-0.3, -0.25) is 0 Å². The van der Waals surface area contributed by atoms with Crippen molar-refractivity contribution in [2.24, 2.45) is 17.8 Å². The molecule has 1 N–H and O–H groups in total. The lowest BCUT2D eigenvalue weighted by Crippen LogP contribution is -2.48. The molecule has 0 saturated heterocycles.